The average molecular weight is 841 g/mol. The minimum absolute atomic E-state index is 0. The molecule has 0 spiro atoms. The summed E-state index contributed by atoms with van der Waals surface area (Å²) in [5.74, 6) is 0.408. The zero-order valence-corrected chi connectivity index (χ0v) is 27.5. The van der Waals surface area contributed by atoms with E-state index in [1.54, 1.807) is 48.8 Å². The number of aliphatic imine (C=N–C) groups is 2. The standard InChI is InChI=1S/C21H26N2O4.C3H6O.Cu.Ho.3NO3/c1-21(2,13-22-11-15-7-5-9-17(26-3)19(15)24)14-23-12-16-8-6-10-18(27-4)20(16)25;1-3(2)4;;;3*2-1(3)4/h5-12,24-25H,13-14H2,1-4H3;1-2H3;;;;;/q;;+2;+3;3*-1/p-2. The maximum Gasteiger partial charge on any atom is 3.00 e. The number of nitrogens with zero attached hydrogens (tertiary/aromatic N) is 5. The third kappa shape index (κ3) is 32.8. The van der Waals surface area contributed by atoms with E-state index in [0.29, 0.717) is 35.7 Å². The van der Waals surface area contributed by atoms with Gasteiger partial charge in [-0.15, -0.1) is 0 Å². The third-order valence-electron chi connectivity index (χ3n) is 3.96. The molecule has 257 valence electrons. The Kier molecular flexibility index (Phi) is 32.4. The van der Waals surface area contributed by atoms with E-state index in [0.717, 1.165) is 0 Å². The second kappa shape index (κ2) is 28.8. The molecule has 0 N–H and O–H groups in total. The largest absolute Gasteiger partial charge is 3.00 e. The molecule has 0 fully saturated rings. The molecule has 2 aromatic rings. The number of para-hydroxylation sites is 2. The molecule has 2 rings (SSSR count). The molecular weight excluding hydrogens is 811 g/mol. The van der Waals surface area contributed by atoms with E-state index in [1.807, 2.05) is 13.8 Å². The Hall–Kier alpha value is -3.97. The number of carbonyl (C=O) groups is 1. The minimum Gasteiger partial charge on any atom is -0.870 e. The number of rotatable bonds is 8. The van der Waals surface area contributed by atoms with Gasteiger partial charge in [-0.1, -0.05) is 49.6 Å². The van der Waals surface area contributed by atoms with Crippen molar-refractivity contribution >= 4 is 18.2 Å². The summed E-state index contributed by atoms with van der Waals surface area (Å²) in [6.07, 6.45) is 3.13. The zero-order valence-electron chi connectivity index (χ0n) is 24.6. The Morgan fingerprint density at radius 3 is 1.20 bits per heavy atom. The van der Waals surface area contributed by atoms with Crippen molar-refractivity contribution < 1.29 is 94.5 Å². The van der Waals surface area contributed by atoms with E-state index in [2.05, 4.69) is 9.98 Å². The van der Waals surface area contributed by atoms with Gasteiger partial charge in [-0.3, -0.25) is 9.98 Å². The fourth-order valence-corrected chi connectivity index (χ4v) is 2.42. The number of carbonyl (C=O) groups excluding carboxylic acids is 1. The van der Waals surface area contributed by atoms with Crippen molar-refractivity contribution in [3.63, 3.8) is 0 Å². The Morgan fingerprint density at radius 2 is 0.978 bits per heavy atom. The van der Waals surface area contributed by atoms with Gasteiger partial charge in [0.05, 0.1) is 29.5 Å². The second-order valence-electron chi connectivity index (χ2n) is 8.44. The molecular formula is C24H30CuHoN5O14. The summed E-state index contributed by atoms with van der Waals surface area (Å²) in [5, 5.41) is 68.4. The van der Waals surface area contributed by atoms with Crippen molar-refractivity contribution in [3.05, 3.63) is 93.5 Å². The van der Waals surface area contributed by atoms with Crippen molar-refractivity contribution in [3.8, 4) is 23.0 Å². The molecule has 0 bridgehead atoms. The van der Waals surface area contributed by atoms with Gasteiger partial charge in [-0.2, -0.15) is 0 Å². The first kappa shape index (κ1) is 50.6. The number of ether oxygens (including phenoxy) is 2. The van der Waals surface area contributed by atoms with Crippen LogP contribution in [0.3, 0.4) is 0 Å². The van der Waals surface area contributed by atoms with Gasteiger partial charge in [0.1, 0.15) is 17.3 Å². The molecule has 0 aliphatic heterocycles. The minimum atomic E-state index is -1.75. The molecule has 0 saturated carbocycles. The predicted octanol–water partition coefficient (Wildman–Crippen LogP) is 2.29. The molecule has 0 heterocycles. The summed E-state index contributed by atoms with van der Waals surface area (Å²) in [6, 6.07) is 10.2. The number of ketones is 1. The molecule has 45 heavy (non-hydrogen) atoms. The van der Waals surface area contributed by atoms with Crippen LogP contribution in [0.2, 0.25) is 0 Å². The van der Waals surface area contributed by atoms with Gasteiger partial charge in [0, 0.05) is 30.9 Å². The van der Waals surface area contributed by atoms with Crippen LogP contribution in [-0.2, 0) is 21.9 Å². The van der Waals surface area contributed by atoms with Crippen LogP contribution in [0.15, 0.2) is 46.4 Å². The van der Waals surface area contributed by atoms with Crippen LogP contribution in [-0.4, -0.2) is 60.8 Å². The van der Waals surface area contributed by atoms with E-state index in [4.69, 9.17) is 55.4 Å². The fourth-order valence-electron chi connectivity index (χ4n) is 2.42. The van der Waals surface area contributed by atoms with Gasteiger partial charge in [0.15, 0.2) is 0 Å². The zero-order chi connectivity index (χ0) is 34.2. The van der Waals surface area contributed by atoms with E-state index < -0.39 is 15.3 Å². The summed E-state index contributed by atoms with van der Waals surface area (Å²) in [5.41, 5.74) is 0.749. The molecule has 0 aliphatic carbocycles. The normalized spacial score (nSPS) is 9.38. The summed E-state index contributed by atoms with van der Waals surface area (Å²) in [6.45, 7) is 8.08. The van der Waals surface area contributed by atoms with E-state index >= 15 is 0 Å². The predicted molar refractivity (Wildman–Crippen MR) is 151 cm³/mol. The van der Waals surface area contributed by atoms with Crippen LogP contribution >= 0.6 is 0 Å². The number of hydrogen-bond donors (Lipinski definition) is 0. The molecule has 0 atom stereocenters. The van der Waals surface area contributed by atoms with Crippen molar-refractivity contribution in [2.75, 3.05) is 27.3 Å². The second-order valence-corrected chi connectivity index (χ2v) is 8.44. The fraction of sp³-hybridized carbons (Fsp3) is 0.375. The maximum absolute atomic E-state index is 12.1. The van der Waals surface area contributed by atoms with Crippen LogP contribution in [0.5, 0.6) is 23.0 Å². The number of methoxy groups -OCH3 is 2. The summed E-state index contributed by atoms with van der Waals surface area (Å²) in [4.78, 5) is 43.0. The van der Waals surface area contributed by atoms with Crippen LogP contribution in [0.4, 0.5) is 0 Å². The van der Waals surface area contributed by atoms with Crippen LogP contribution in [0, 0.1) is 89.1 Å². The molecule has 0 unspecified atom stereocenters. The van der Waals surface area contributed by atoms with E-state index in [9.17, 15) is 15.0 Å². The SMILES string of the molecule is CC(C)=O.COc1cccc(C=NCC(C)(C)CN=Cc2cccc(OC)c2[O-])c1[O-].O=[N+]([O-])[O-].O=[N+]([O-])[O-].O=[N+]([O-])[O-].[Cu+2].[Ho+3]. The molecule has 2 aromatic carbocycles. The van der Waals surface area contributed by atoms with E-state index in [-0.39, 0.29) is 77.5 Å². The number of hydrogen-bond acceptors (Lipinski definition) is 16. The van der Waals surface area contributed by atoms with Crippen molar-refractivity contribution in [1.82, 2.24) is 0 Å². The Balaban J connectivity index is -0.000000246. The summed E-state index contributed by atoms with van der Waals surface area (Å²) >= 11 is 0. The molecule has 0 saturated heterocycles. The van der Waals surface area contributed by atoms with Crippen LogP contribution in [0.1, 0.15) is 38.8 Å². The summed E-state index contributed by atoms with van der Waals surface area (Å²) < 4.78 is 10.1. The third-order valence-corrected chi connectivity index (χ3v) is 3.96. The van der Waals surface area contributed by atoms with Gasteiger partial charge in [-0.25, -0.2) is 0 Å². The van der Waals surface area contributed by atoms with Crippen molar-refractivity contribution in [2.24, 2.45) is 15.4 Å². The first-order valence-electron chi connectivity index (χ1n) is 11.4. The van der Waals surface area contributed by atoms with Crippen LogP contribution in [0.25, 0.3) is 0 Å². The molecule has 19 nitrogen and oxygen atoms in total. The maximum atomic E-state index is 12.1. The first-order chi connectivity index (χ1) is 19.8. The van der Waals surface area contributed by atoms with Gasteiger partial charge >= 0.3 is 54.8 Å². The molecule has 21 heteroatoms. The molecule has 1 radical (unpaired) electrons. The summed E-state index contributed by atoms with van der Waals surface area (Å²) in [7, 11) is 2.93. The van der Waals surface area contributed by atoms with Gasteiger partial charge in [0.2, 0.25) is 0 Å². The van der Waals surface area contributed by atoms with Gasteiger partial charge in [0.25, 0.3) is 0 Å². The van der Waals surface area contributed by atoms with Crippen molar-refractivity contribution in [1.29, 1.82) is 0 Å². The quantitative estimate of drug-likeness (QED) is 0.159. The topological polar surface area (TPSA) is 305 Å². The molecule has 0 aromatic heterocycles. The molecule has 0 amide bonds. The Bertz CT molecular complexity index is 1100. The van der Waals surface area contributed by atoms with E-state index in [1.165, 1.54) is 28.1 Å². The van der Waals surface area contributed by atoms with Gasteiger partial charge in [-0.05, 0) is 37.1 Å². The smallest absolute Gasteiger partial charge is 0.870 e. The van der Waals surface area contributed by atoms with Crippen LogP contribution < -0.4 is 19.7 Å². The van der Waals surface area contributed by atoms with Gasteiger partial charge < -0.3 is 70.4 Å². The first-order valence-corrected chi connectivity index (χ1v) is 11.4. The Morgan fingerprint density at radius 1 is 0.733 bits per heavy atom. The number of benzene rings is 2. The van der Waals surface area contributed by atoms with Crippen molar-refractivity contribution in [2.45, 2.75) is 27.7 Å². The Labute approximate surface area is 298 Å². The monoisotopic (exact) mass is 840 g/mol. The average Bonchev–Trinajstić information content (AvgIpc) is 2.84. The number of Topliss-reactive ketones (excluding diaryl/α,β-unsaturated/α-hetero) is 1. The molecule has 0 aliphatic rings.